The van der Waals surface area contributed by atoms with Crippen LogP contribution in [-0.2, 0) is 13.6 Å². The number of nitrogens with one attached hydrogen (secondary N) is 1. The zero-order valence-electron chi connectivity index (χ0n) is 12.5. The predicted molar refractivity (Wildman–Crippen MR) is 88.8 cm³/mol. The maximum Gasteiger partial charge on any atom is 0.329 e. The number of aromatic amines is 1. The van der Waals surface area contributed by atoms with Crippen molar-refractivity contribution >= 4 is 32.9 Å². The molecule has 3 aromatic rings. The summed E-state index contributed by atoms with van der Waals surface area (Å²) < 4.78 is 3.01. The van der Waals surface area contributed by atoms with Crippen molar-refractivity contribution in [2.24, 2.45) is 7.05 Å². The number of ketones is 1. The van der Waals surface area contributed by atoms with Gasteiger partial charge in [0.2, 0.25) is 0 Å². The molecule has 0 radical (unpaired) electrons. The molecule has 0 unspecified atom stereocenters. The van der Waals surface area contributed by atoms with Crippen LogP contribution in [-0.4, -0.2) is 24.9 Å². The minimum Gasteiger partial charge on any atom is -0.305 e. The van der Waals surface area contributed by atoms with Crippen LogP contribution in [0, 0.1) is 6.92 Å². The molecule has 0 bridgehead atoms. The summed E-state index contributed by atoms with van der Waals surface area (Å²) >= 11 is 3.25. The Kier molecular flexibility index (Phi) is 3.77. The Bertz CT molecular complexity index is 1050. The number of imidazole rings is 1. The fourth-order valence-corrected chi connectivity index (χ4v) is 2.88. The van der Waals surface area contributed by atoms with E-state index in [4.69, 9.17) is 0 Å². The van der Waals surface area contributed by atoms with Gasteiger partial charge in [-0.2, -0.15) is 0 Å². The Morgan fingerprint density at radius 1 is 1.35 bits per heavy atom. The van der Waals surface area contributed by atoms with Crippen LogP contribution in [0.2, 0.25) is 0 Å². The molecule has 2 aromatic heterocycles. The van der Waals surface area contributed by atoms with Gasteiger partial charge in [-0.25, -0.2) is 9.78 Å². The zero-order valence-corrected chi connectivity index (χ0v) is 14.0. The van der Waals surface area contributed by atoms with Crippen LogP contribution in [0.4, 0.5) is 0 Å². The summed E-state index contributed by atoms with van der Waals surface area (Å²) in [7, 11) is 1.51. The van der Waals surface area contributed by atoms with Gasteiger partial charge in [0.15, 0.2) is 21.7 Å². The molecule has 3 rings (SSSR count). The number of nitrogens with zero attached hydrogens (tertiary/aromatic N) is 3. The van der Waals surface area contributed by atoms with E-state index in [1.165, 1.54) is 16.2 Å². The first kappa shape index (κ1) is 15.4. The topological polar surface area (TPSA) is 89.8 Å². The van der Waals surface area contributed by atoms with Crippen molar-refractivity contribution in [3.05, 3.63) is 61.0 Å². The number of Topliss-reactive ketones (excluding diaryl/α,β-unsaturated/α-hetero) is 1. The van der Waals surface area contributed by atoms with E-state index in [0.717, 1.165) is 5.56 Å². The Balaban J connectivity index is 2.12. The average molecular weight is 377 g/mol. The molecule has 1 aromatic carbocycles. The summed E-state index contributed by atoms with van der Waals surface area (Å²) in [5, 5.41) is 0. The summed E-state index contributed by atoms with van der Waals surface area (Å²) in [6.45, 7) is 1.85. The molecule has 0 aliphatic carbocycles. The van der Waals surface area contributed by atoms with Crippen LogP contribution in [0.25, 0.3) is 11.2 Å². The first-order valence-corrected chi connectivity index (χ1v) is 7.62. The molecule has 0 aliphatic rings. The van der Waals surface area contributed by atoms with Gasteiger partial charge in [0, 0.05) is 12.6 Å². The summed E-state index contributed by atoms with van der Waals surface area (Å²) in [5.74, 6) is -0.151. The molecule has 0 aliphatic heterocycles. The fourth-order valence-electron chi connectivity index (χ4n) is 2.41. The van der Waals surface area contributed by atoms with Crippen molar-refractivity contribution < 1.29 is 4.79 Å². The van der Waals surface area contributed by atoms with Crippen molar-refractivity contribution in [3.63, 3.8) is 0 Å². The van der Waals surface area contributed by atoms with Crippen LogP contribution in [0.15, 0.2) is 38.6 Å². The maximum absolute atomic E-state index is 12.5. The standard InChI is InChI=1S/C15H13BrN4O3/c1-8-4-3-5-9(6-8)10(21)7-20-11-12(17-14(20)16)19(2)15(23)18-13(11)22/h3-6H,7H2,1-2H3,(H,18,22,23). The first-order valence-electron chi connectivity index (χ1n) is 6.83. The second-order valence-corrected chi connectivity index (χ2v) is 5.96. The summed E-state index contributed by atoms with van der Waals surface area (Å²) in [6, 6.07) is 7.22. The van der Waals surface area contributed by atoms with Crippen LogP contribution in [0.5, 0.6) is 0 Å². The van der Waals surface area contributed by atoms with Crippen LogP contribution in [0.3, 0.4) is 0 Å². The van der Waals surface area contributed by atoms with E-state index in [9.17, 15) is 14.4 Å². The molecule has 7 nitrogen and oxygen atoms in total. The number of carbonyl (C=O) groups is 1. The van der Waals surface area contributed by atoms with Crippen LogP contribution >= 0.6 is 15.9 Å². The van der Waals surface area contributed by atoms with Crippen molar-refractivity contribution in [2.75, 3.05) is 0 Å². The first-order chi connectivity index (χ1) is 10.9. The van der Waals surface area contributed by atoms with E-state index in [1.54, 1.807) is 18.2 Å². The lowest BCUT2D eigenvalue weighted by Crippen LogP contribution is -2.29. The lowest BCUT2D eigenvalue weighted by molar-refractivity contribution is 0.0972. The minimum atomic E-state index is -0.571. The third-order valence-corrected chi connectivity index (χ3v) is 4.21. The van der Waals surface area contributed by atoms with Gasteiger partial charge in [-0.1, -0.05) is 23.8 Å². The molecule has 23 heavy (non-hydrogen) atoms. The summed E-state index contributed by atoms with van der Waals surface area (Å²) in [4.78, 5) is 42.6. The second kappa shape index (κ2) is 5.62. The zero-order chi connectivity index (χ0) is 16.7. The number of aromatic nitrogens is 4. The fraction of sp³-hybridized carbons (Fsp3) is 0.200. The molecule has 0 saturated carbocycles. The smallest absolute Gasteiger partial charge is 0.305 e. The maximum atomic E-state index is 12.5. The highest BCUT2D eigenvalue weighted by molar-refractivity contribution is 9.10. The van der Waals surface area contributed by atoms with Gasteiger partial charge >= 0.3 is 5.69 Å². The van der Waals surface area contributed by atoms with Gasteiger partial charge in [0.25, 0.3) is 5.56 Å². The predicted octanol–water partition coefficient (Wildman–Crippen LogP) is 1.38. The Labute approximate surface area is 138 Å². The lowest BCUT2D eigenvalue weighted by Gasteiger charge is -2.06. The van der Waals surface area contributed by atoms with Gasteiger partial charge in [-0.3, -0.25) is 19.1 Å². The van der Waals surface area contributed by atoms with E-state index in [-0.39, 0.29) is 23.5 Å². The normalized spacial score (nSPS) is 11.1. The number of carbonyl (C=O) groups excluding carboxylic acids is 1. The number of rotatable bonds is 3. The molecular formula is C15H13BrN4O3. The van der Waals surface area contributed by atoms with E-state index in [2.05, 4.69) is 25.9 Å². The Morgan fingerprint density at radius 3 is 2.78 bits per heavy atom. The van der Waals surface area contributed by atoms with Gasteiger partial charge in [0.05, 0.1) is 6.54 Å². The molecule has 2 heterocycles. The number of halogens is 1. The summed E-state index contributed by atoms with van der Waals surface area (Å²) in [5.41, 5.74) is 0.816. The third kappa shape index (κ3) is 2.65. The lowest BCUT2D eigenvalue weighted by atomic mass is 10.1. The molecule has 0 amide bonds. The van der Waals surface area contributed by atoms with E-state index >= 15 is 0 Å². The monoisotopic (exact) mass is 376 g/mol. The molecule has 118 valence electrons. The molecule has 0 saturated heterocycles. The number of aryl methyl sites for hydroxylation is 2. The average Bonchev–Trinajstić information content (AvgIpc) is 2.82. The van der Waals surface area contributed by atoms with Crippen LogP contribution in [0.1, 0.15) is 15.9 Å². The second-order valence-electron chi connectivity index (χ2n) is 5.25. The Morgan fingerprint density at radius 2 is 2.09 bits per heavy atom. The highest BCUT2D eigenvalue weighted by Gasteiger charge is 2.18. The van der Waals surface area contributed by atoms with Gasteiger partial charge in [0.1, 0.15) is 0 Å². The van der Waals surface area contributed by atoms with Crippen molar-refractivity contribution in [3.8, 4) is 0 Å². The van der Waals surface area contributed by atoms with E-state index in [0.29, 0.717) is 10.3 Å². The van der Waals surface area contributed by atoms with Crippen molar-refractivity contribution in [2.45, 2.75) is 13.5 Å². The van der Waals surface area contributed by atoms with Gasteiger partial charge in [-0.05, 0) is 28.9 Å². The molecule has 0 spiro atoms. The third-order valence-electron chi connectivity index (χ3n) is 3.60. The quantitative estimate of drug-likeness (QED) is 0.552. The van der Waals surface area contributed by atoms with Gasteiger partial charge in [-0.15, -0.1) is 0 Å². The highest BCUT2D eigenvalue weighted by Crippen LogP contribution is 2.17. The molecular weight excluding hydrogens is 364 g/mol. The van der Waals surface area contributed by atoms with Crippen molar-refractivity contribution in [1.29, 1.82) is 0 Å². The number of fused-ring (bicyclic) bond motifs is 1. The molecule has 0 fully saturated rings. The van der Waals surface area contributed by atoms with Crippen molar-refractivity contribution in [1.82, 2.24) is 19.1 Å². The summed E-state index contributed by atoms with van der Waals surface area (Å²) in [6.07, 6.45) is 0. The van der Waals surface area contributed by atoms with Gasteiger partial charge < -0.3 is 4.57 Å². The highest BCUT2D eigenvalue weighted by atomic mass is 79.9. The molecule has 0 atom stereocenters. The largest absolute Gasteiger partial charge is 0.329 e. The van der Waals surface area contributed by atoms with E-state index in [1.807, 2.05) is 13.0 Å². The Hall–Kier alpha value is -2.48. The molecule has 1 N–H and O–H groups in total. The number of hydrogen-bond acceptors (Lipinski definition) is 4. The van der Waals surface area contributed by atoms with E-state index < -0.39 is 11.2 Å². The number of benzene rings is 1. The molecule has 8 heteroatoms. The van der Waals surface area contributed by atoms with Crippen LogP contribution < -0.4 is 11.2 Å². The SMILES string of the molecule is Cc1cccc(C(=O)Cn2c(Br)nc3c2c(=O)[nH]c(=O)n3C)c1. The minimum absolute atomic E-state index is 0.0537. The number of hydrogen-bond donors (Lipinski definition) is 1. The number of H-pyrrole nitrogens is 1.